The van der Waals surface area contributed by atoms with Gasteiger partial charge in [-0.3, -0.25) is 9.59 Å². The fraction of sp³-hybridized carbons (Fsp3) is 0.750. The molecule has 0 saturated heterocycles. The van der Waals surface area contributed by atoms with Gasteiger partial charge in [0.15, 0.2) is 0 Å². The smallest absolute Gasteiger partial charge is 0.217 e. The zero-order valence-electron chi connectivity index (χ0n) is 7.21. The van der Waals surface area contributed by atoms with Gasteiger partial charge < -0.3 is 11.1 Å². The number of hydrogen-bond donors (Lipinski definition) is 2. The number of hydrogen-bond acceptors (Lipinski definition) is 2. The van der Waals surface area contributed by atoms with E-state index in [1.165, 1.54) is 0 Å². The number of amides is 2. The number of unbranched alkanes of at least 4 members (excludes halogenated alkanes) is 3. The first-order valence-electron chi connectivity index (χ1n) is 4.22. The minimum atomic E-state index is -0.235. The largest absolute Gasteiger partial charge is 0.370 e. The van der Waals surface area contributed by atoms with Gasteiger partial charge in [-0.05, 0) is 12.8 Å². The van der Waals surface area contributed by atoms with Crippen LogP contribution in [0.25, 0.3) is 0 Å². The van der Waals surface area contributed by atoms with Crippen molar-refractivity contribution in [3.05, 3.63) is 0 Å². The molecule has 0 spiro atoms. The van der Waals surface area contributed by atoms with Crippen molar-refractivity contribution in [2.75, 3.05) is 6.54 Å². The molecule has 0 bridgehead atoms. The summed E-state index contributed by atoms with van der Waals surface area (Å²) in [5.41, 5.74) is 4.96. The van der Waals surface area contributed by atoms with Crippen molar-refractivity contribution in [3.63, 3.8) is 0 Å². The summed E-state index contributed by atoms with van der Waals surface area (Å²) >= 11 is 0. The van der Waals surface area contributed by atoms with Gasteiger partial charge in [-0.25, -0.2) is 0 Å². The van der Waals surface area contributed by atoms with E-state index in [1.54, 1.807) is 0 Å². The summed E-state index contributed by atoms with van der Waals surface area (Å²) in [6, 6.07) is 0. The van der Waals surface area contributed by atoms with E-state index in [1.807, 2.05) is 0 Å². The van der Waals surface area contributed by atoms with Gasteiger partial charge in [0.1, 0.15) is 0 Å². The van der Waals surface area contributed by atoms with Crippen molar-refractivity contribution >= 4 is 12.3 Å². The molecule has 70 valence electrons. The molecule has 0 aromatic heterocycles. The molecule has 0 aromatic carbocycles. The maximum atomic E-state index is 10.3. The lowest BCUT2D eigenvalue weighted by Gasteiger charge is -1.98. The van der Waals surface area contributed by atoms with Gasteiger partial charge >= 0.3 is 0 Å². The molecule has 3 N–H and O–H groups in total. The SMILES string of the molecule is NC(=O)CCCCCCNC=O. The molecule has 0 radical (unpaired) electrons. The van der Waals surface area contributed by atoms with Crippen LogP contribution in [0.1, 0.15) is 32.1 Å². The minimum Gasteiger partial charge on any atom is -0.370 e. The van der Waals surface area contributed by atoms with Crippen molar-refractivity contribution in [1.82, 2.24) is 5.32 Å². The van der Waals surface area contributed by atoms with E-state index in [2.05, 4.69) is 5.32 Å². The Balaban J connectivity index is 2.90. The average Bonchev–Trinajstić information content (AvgIpc) is 2.02. The van der Waals surface area contributed by atoms with Crippen LogP contribution in [-0.4, -0.2) is 18.9 Å². The van der Waals surface area contributed by atoms with Gasteiger partial charge in [-0.2, -0.15) is 0 Å². The standard InChI is InChI=1S/C8H16N2O2/c9-8(12)5-3-1-2-4-6-10-7-11/h7H,1-6H2,(H2,9,12)(H,10,11). The van der Waals surface area contributed by atoms with Crippen molar-refractivity contribution in [1.29, 1.82) is 0 Å². The zero-order valence-corrected chi connectivity index (χ0v) is 7.21. The molecule has 0 saturated carbocycles. The highest BCUT2D eigenvalue weighted by molar-refractivity contribution is 5.73. The third-order valence-electron chi connectivity index (χ3n) is 1.58. The van der Waals surface area contributed by atoms with Crippen LogP contribution in [0.3, 0.4) is 0 Å². The van der Waals surface area contributed by atoms with Crippen LogP contribution < -0.4 is 11.1 Å². The zero-order chi connectivity index (χ0) is 9.23. The van der Waals surface area contributed by atoms with E-state index in [4.69, 9.17) is 5.73 Å². The summed E-state index contributed by atoms with van der Waals surface area (Å²) in [5, 5.41) is 2.58. The molecule has 0 aliphatic heterocycles. The maximum absolute atomic E-state index is 10.3. The molecule has 2 amide bonds. The van der Waals surface area contributed by atoms with Gasteiger partial charge in [-0.15, -0.1) is 0 Å². The van der Waals surface area contributed by atoms with Crippen LogP contribution in [0, 0.1) is 0 Å². The van der Waals surface area contributed by atoms with E-state index in [-0.39, 0.29) is 5.91 Å². The van der Waals surface area contributed by atoms with Gasteiger partial charge in [0.2, 0.25) is 12.3 Å². The van der Waals surface area contributed by atoms with E-state index in [0.717, 1.165) is 32.2 Å². The van der Waals surface area contributed by atoms with Crippen molar-refractivity contribution in [2.45, 2.75) is 32.1 Å². The number of carbonyl (C=O) groups excluding carboxylic acids is 2. The fourth-order valence-corrected chi connectivity index (χ4v) is 0.939. The molecule has 0 aliphatic rings. The van der Waals surface area contributed by atoms with Crippen LogP contribution in [0.2, 0.25) is 0 Å². The summed E-state index contributed by atoms with van der Waals surface area (Å²) in [6.07, 6.45) is 5.04. The molecular weight excluding hydrogens is 156 g/mol. The number of nitrogens with two attached hydrogens (primary N) is 1. The first kappa shape index (κ1) is 10.9. The Morgan fingerprint density at radius 2 is 1.92 bits per heavy atom. The topological polar surface area (TPSA) is 72.2 Å². The number of nitrogens with one attached hydrogen (secondary N) is 1. The van der Waals surface area contributed by atoms with E-state index in [9.17, 15) is 9.59 Å². The second-order valence-corrected chi connectivity index (χ2v) is 2.70. The highest BCUT2D eigenvalue weighted by atomic mass is 16.1. The average molecular weight is 172 g/mol. The summed E-state index contributed by atoms with van der Waals surface area (Å²) in [6.45, 7) is 0.722. The normalized spacial score (nSPS) is 9.33. The lowest BCUT2D eigenvalue weighted by Crippen LogP contribution is -2.12. The van der Waals surface area contributed by atoms with Crippen LogP contribution in [-0.2, 0) is 9.59 Å². The molecule has 0 rings (SSSR count). The first-order chi connectivity index (χ1) is 5.77. The summed E-state index contributed by atoms with van der Waals surface area (Å²) in [5.74, 6) is -0.235. The molecule has 0 fully saturated rings. The molecule has 0 unspecified atom stereocenters. The third kappa shape index (κ3) is 8.94. The van der Waals surface area contributed by atoms with Crippen LogP contribution >= 0.6 is 0 Å². The molecule has 12 heavy (non-hydrogen) atoms. The summed E-state index contributed by atoms with van der Waals surface area (Å²) in [7, 11) is 0. The molecule has 0 aromatic rings. The van der Waals surface area contributed by atoms with Crippen molar-refractivity contribution < 1.29 is 9.59 Å². The van der Waals surface area contributed by atoms with Gasteiger partial charge in [0.25, 0.3) is 0 Å². The Morgan fingerprint density at radius 3 is 2.50 bits per heavy atom. The lowest BCUT2D eigenvalue weighted by atomic mass is 10.1. The van der Waals surface area contributed by atoms with Crippen LogP contribution in [0.4, 0.5) is 0 Å². The van der Waals surface area contributed by atoms with Gasteiger partial charge in [-0.1, -0.05) is 12.8 Å². The van der Waals surface area contributed by atoms with E-state index in [0.29, 0.717) is 12.8 Å². The third-order valence-corrected chi connectivity index (χ3v) is 1.58. The quantitative estimate of drug-likeness (QED) is 0.404. The van der Waals surface area contributed by atoms with Gasteiger partial charge in [0, 0.05) is 13.0 Å². The lowest BCUT2D eigenvalue weighted by molar-refractivity contribution is -0.118. The Labute approximate surface area is 72.5 Å². The number of rotatable bonds is 8. The molecular formula is C8H16N2O2. The van der Waals surface area contributed by atoms with E-state index < -0.39 is 0 Å². The maximum Gasteiger partial charge on any atom is 0.217 e. The minimum absolute atomic E-state index is 0.235. The van der Waals surface area contributed by atoms with Crippen molar-refractivity contribution in [2.24, 2.45) is 5.73 Å². The second kappa shape index (κ2) is 8.04. The summed E-state index contributed by atoms with van der Waals surface area (Å²) < 4.78 is 0. The van der Waals surface area contributed by atoms with Crippen LogP contribution in [0.15, 0.2) is 0 Å². The number of primary amides is 1. The molecule has 0 heterocycles. The highest BCUT2D eigenvalue weighted by Crippen LogP contribution is 2.01. The summed E-state index contributed by atoms with van der Waals surface area (Å²) in [4.78, 5) is 20.1. The Bertz CT molecular complexity index is 137. The Kier molecular flexibility index (Phi) is 7.33. The molecule has 0 aliphatic carbocycles. The Hall–Kier alpha value is -1.06. The highest BCUT2D eigenvalue weighted by Gasteiger charge is 1.93. The molecule has 0 atom stereocenters. The monoisotopic (exact) mass is 172 g/mol. The van der Waals surface area contributed by atoms with E-state index >= 15 is 0 Å². The fourth-order valence-electron chi connectivity index (χ4n) is 0.939. The predicted octanol–water partition coefficient (Wildman–Crippen LogP) is 0.168. The number of carbonyl (C=O) groups is 2. The molecule has 4 nitrogen and oxygen atoms in total. The first-order valence-corrected chi connectivity index (χ1v) is 4.22. The van der Waals surface area contributed by atoms with Gasteiger partial charge in [0.05, 0.1) is 0 Å². The van der Waals surface area contributed by atoms with Crippen molar-refractivity contribution in [3.8, 4) is 0 Å². The van der Waals surface area contributed by atoms with Crippen LogP contribution in [0.5, 0.6) is 0 Å². The Morgan fingerprint density at radius 1 is 1.25 bits per heavy atom. The second-order valence-electron chi connectivity index (χ2n) is 2.70. The molecule has 4 heteroatoms. The predicted molar refractivity (Wildman–Crippen MR) is 46.3 cm³/mol.